The third-order valence-corrected chi connectivity index (χ3v) is 5.84. The average molecular weight is 345 g/mol. The smallest absolute Gasteiger partial charge is 0.420 e. The Balaban J connectivity index is 1.68. The monoisotopic (exact) mass is 345 g/mol. The molecule has 132 valence electrons. The minimum absolute atomic E-state index is 0.145. The van der Waals surface area contributed by atoms with Crippen molar-refractivity contribution in [1.82, 2.24) is 0 Å². The summed E-state index contributed by atoms with van der Waals surface area (Å²) in [5, 5.41) is 3.69. The van der Waals surface area contributed by atoms with Gasteiger partial charge in [-0.1, -0.05) is 65.5 Å². The zero-order valence-corrected chi connectivity index (χ0v) is 16.2. The van der Waals surface area contributed by atoms with Crippen LogP contribution < -0.4 is 16.2 Å². The van der Waals surface area contributed by atoms with Crippen LogP contribution >= 0.6 is 0 Å². The van der Waals surface area contributed by atoms with Crippen LogP contribution in [-0.2, 0) is 9.31 Å². The van der Waals surface area contributed by atoms with Gasteiger partial charge in [-0.3, -0.25) is 0 Å². The second-order valence-corrected chi connectivity index (χ2v) is 8.29. The molecule has 2 aromatic carbocycles. The first kappa shape index (κ1) is 17.4. The number of benzene rings is 2. The fourth-order valence-corrected chi connectivity index (χ4v) is 3.43. The van der Waals surface area contributed by atoms with Gasteiger partial charge < -0.3 is 14.5 Å². The van der Waals surface area contributed by atoms with Crippen molar-refractivity contribution in [3.8, 4) is 0 Å². The number of hydrogen-bond acceptors (Lipinski definition) is 3. The molecule has 2 aromatic rings. The molecule has 4 rings (SSSR count). The molecule has 0 bridgehead atoms. The normalized spacial score (nSPS) is 20.0. The van der Waals surface area contributed by atoms with E-state index in [2.05, 4.69) is 94.4 Å². The van der Waals surface area contributed by atoms with E-state index in [-0.39, 0.29) is 25.2 Å². The molecule has 2 aliphatic rings. The molecule has 0 aliphatic carbocycles. The second kappa shape index (κ2) is 6.04. The van der Waals surface area contributed by atoms with Crippen LogP contribution in [-0.4, -0.2) is 25.2 Å². The zero-order chi connectivity index (χ0) is 18.5. The van der Waals surface area contributed by atoms with Crippen LogP contribution in [0.15, 0.2) is 48.4 Å². The van der Waals surface area contributed by atoms with Crippen LogP contribution in [0.1, 0.15) is 38.8 Å². The van der Waals surface area contributed by atoms with Gasteiger partial charge in [0.05, 0.1) is 11.2 Å². The first-order valence-electron chi connectivity index (χ1n) is 9.27. The van der Waals surface area contributed by atoms with Crippen LogP contribution in [0.4, 0.5) is 5.69 Å². The van der Waals surface area contributed by atoms with Crippen molar-refractivity contribution in [3.63, 3.8) is 0 Å². The minimum Gasteiger partial charge on any atom is -0.420 e. The topological polar surface area (TPSA) is 30.5 Å². The van der Waals surface area contributed by atoms with Crippen molar-refractivity contribution < 1.29 is 9.31 Å². The molecule has 0 aromatic heterocycles. The van der Waals surface area contributed by atoms with Crippen LogP contribution in [0.25, 0.3) is 6.08 Å². The summed E-state index contributed by atoms with van der Waals surface area (Å²) < 4.78 is 12.6. The summed E-state index contributed by atoms with van der Waals surface area (Å²) in [7, 11) is -0.368. The van der Waals surface area contributed by atoms with Crippen LogP contribution in [0.5, 0.6) is 0 Å². The number of para-hydroxylation sites is 1. The molecule has 0 amide bonds. The summed E-state index contributed by atoms with van der Waals surface area (Å²) in [6.45, 7) is 10.6. The van der Waals surface area contributed by atoms with Crippen molar-refractivity contribution in [1.29, 1.82) is 0 Å². The molecule has 0 saturated carbocycles. The van der Waals surface area contributed by atoms with Gasteiger partial charge in [0, 0.05) is 11.2 Å². The summed E-state index contributed by atoms with van der Waals surface area (Å²) >= 11 is 0. The molecule has 0 atom stereocenters. The van der Waals surface area contributed by atoms with Gasteiger partial charge in [-0.05, 0) is 40.2 Å². The van der Waals surface area contributed by atoms with E-state index < -0.39 is 0 Å². The lowest BCUT2D eigenvalue weighted by molar-refractivity contribution is 0.00578. The van der Waals surface area contributed by atoms with Crippen LogP contribution in [0, 0.1) is 6.92 Å². The summed E-state index contributed by atoms with van der Waals surface area (Å²) in [5.41, 5.74) is 5.15. The Kier molecular flexibility index (Phi) is 4.05. The number of hydrogen-bond donors (Lipinski definition) is 1. The number of aryl methyl sites for hydroxylation is 1. The Bertz CT molecular complexity index is 843. The first-order chi connectivity index (χ1) is 12.3. The largest absolute Gasteiger partial charge is 0.496 e. The SMILES string of the molecule is Cc1ccc(B2C=Cc3cccc(B4OC(C)(C)C(C)(C)O4)c3N2)cc1. The van der Waals surface area contributed by atoms with Crippen molar-refractivity contribution in [2.75, 3.05) is 5.23 Å². The van der Waals surface area contributed by atoms with E-state index in [4.69, 9.17) is 9.31 Å². The van der Waals surface area contributed by atoms with E-state index >= 15 is 0 Å². The van der Waals surface area contributed by atoms with E-state index in [9.17, 15) is 0 Å². The van der Waals surface area contributed by atoms with Gasteiger partial charge in [0.1, 0.15) is 0 Å². The Morgan fingerprint density at radius 2 is 1.54 bits per heavy atom. The molecule has 0 radical (unpaired) electrons. The highest BCUT2D eigenvalue weighted by Crippen LogP contribution is 2.37. The Labute approximate surface area is 157 Å². The predicted octanol–water partition coefficient (Wildman–Crippen LogP) is 3.17. The molecule has 1 N–H and O–H groups in total. The summed E-state index contributed by atoms with van der Waals surface area (Å²) in [6.07, 6.45) is 2.19. The minimum atomic E-state index is -0.368. The number of anilines is 1. The average Bonchev–Trinajstić information content (AvgIpc) is 2.82. The zero-order valence-electron chi connectivity index (χ0n) is 16.2. The predicted molar refractivity (Wildman–Crippen MR) is 111 cm³/mol. The Morgan fingerprint density at radius 1 is 0.885 bits per heavy atom. The number of fused-ring (bicyclic) bond motifs is 1. The van der Waals surface area contributed by atoms with Crippen molar-refractivity contribution in [3.05, 3.63) is 59.6 Å². The Hall–Kier alpha value is -1.97. The molecular formula is C21H25B2NO2. The van der Waals surface area contributed by atoms with E-state index in [1.54, 1.807) is 0 Å². The second-order valence-electron chi connectivity index (χ2n) is 8.29. The molecule has 0 unspecified atom stereocenters. The van der Waals surface area contributed by atoms with E-state index in [1.165, 1.54) is 16.6 Å². The summed E-state index contributed by atoms with van der Waals surface area (Å²) in [4.78, 5) is 0. The van der Waals surface area contributed by atoms with E-state index in [0.717, 1.165) is 11.2 Å². The van der Waals surface area contributed by atoms with Gasteiger partial charge in [0.25, 0.3) is 0 Å². The van der Waals surface area contributed by atoms with Gasteiger partial charge in [0.2, 0.25) is 0 Å². The van der Waals surface area contributed by atoms with Gasteiger partial charge in [0.15, 0.2) is 0 Å². The lowest BCUT2D eigenvalue weighted by Crippen LogP contribution is -2.44. The third kappa shape index (κ3) is 2.89. The highest BCUT2D eigenvalue weighted by molar-refractivity contribution is 6.82. The third-order valence-electron chi connectivity index (χ3n) is 5.84. The standard InChI is InChI=1S/C21H25B2NO2/c1-15-9-11-17(12-10-15)22-14-13-16-7-6-8-18(19(16)24-22)23-25-20(2,3)21(4,5)26-23/h6-14,24H,1-5H3. The molecule has 1 saturated heterocycles. The fourth-order valence-electron chi connectivity index (χ4n) is 3.43. The molecule has 5 heteroatoms. The molecule has 0 spiro atoms. The molecule has 1 fully saturated rings. The van der Waals surface area contributed by atoms with Crippen molar-refractivity contribution >= 4 is 36.7 Å². The Morgan fingerprint density at radius 3 is 2.19 bits per heavy atom. The summed E-state index contributed by atoms with van der Waals surface area (Å²) in [5.74, 6) is 2.21. The lowest BCUT2D eigenvalue weighted by atomic mass is 9.53. The molecule has 2 heterocycles. The van der Waals surface area contributed by atoms with Crippen LogP contribution in [0.2, 0.25) is 0 Å². The van der Waals surface area contributed by atoms with E-state index in [1.807, 2.05) is 0 Å². The van der Waals surface area contributed by atoms with Gasteiger partial charge >= 0.3 is 14.0 Å². The number of rotatable bonds is 2. The maximum Gasteiger partial charge on any atom is 0.496 e. The summed E-state index contributed by atoms with van der Waals surface area (Å²) in [6, 6.07) is 15.0. The maximum absolute atomic E-state index is 6.29. The molecule has 26 heavy (non-hydrogen) atoms. The van der Waals surface area contributed by atoms with E-state index in [0.29, 0.717) is 0 Å². The number of nitrogens with one attached hydrogen (secondary N) is 1. The van der Waals surface area contributed by atoms with Gasteiger partial charge in [-0.2, -0.15) is 0 Å². The molecule has 2 aliphatic heterocycles. The van der Waals surface area contributed by atoms with Gasteiger partial charge in [-0.15, -0.1) is 0 Å². The maximum atomic E-state index is 6.29. The first-order valence-corrected chi connectivity index (χ1v) is 9.27. The highest BCUT2D eigenvalue weighted by atomic mass is 16.7. The highest BCUT2D eigenvalue weighted by Gasteiger charge is 2.52. The van der Waals surface area contributed by atoms with Crippen LogP contribution in [0.3, 0.4) is 0 Å². The van der Waals surface area contributed by atoms with Gasteiger partial charge in [-0.25, -0.2) is 0 Å². The van der Waals surface area contributed by atoms with Crippen molar-refractivity contribution in [2.45, 2.75) is 45.8 Å². The lowest BCUT2D eigenvalue weighted by Gasteiger charge is -2.32. The quantitative estimate of drug-likeness (QED) is 0.849. The molecule has 3 nitrogen and oxygen atoms in total. The molecular weight excluding hydrogens is 320 g/mol. The fraction of sp³-hybridized carbons (Fsp3) is 0.333. The van der Waals surface area contributed by atoms with Crippen molar-refractivity contribution in [2.24, 2.45) is 0 Å².